The summed E-state index contributed by atoms with van der Waals surface area (Å²) < 4.78 is 26.2. The number of hydrogen-bond donors (Lipinski definition) is 1. The van der Waals surface area contributed by atoms with Crippen LogP contribution < -0.4 is 5.73 Å². The van der Waals surface area contributed by atoms with Crippen molar-refractivity contribution in [2.45, 2.75) is 31.6 Å². The summed E-state index contributed by atoms with van der Waals surface area (Å²) in [7, 11) is -0.469. The molecule has 8 heteroatoms. The number of rotatable bonds is 4. The Balaban J connectivity index is 0.00000324. The summed E-state index contributed by atoms with van der Waals surface area (Å²) in [6.45, 7) is 4.21. The monoisotopic (exact) mass is 313 g/mol. The van der Waals surface area contributed by atoms with E-state index >= 15 is 0 Å². The normalized spacial score (nSPS) is 25.7. The number of halogens is 1. The fourth-order valence-corrected chi connectivity index (χ4v) is 4.21. The average molecular weight is 314 g/mol. The first kappa shape index (κ1) is 18.6. The predicted molar refractivity (Wildman–Crippen MR) is 77.7 cm³/mol. The fraction of sp³-hybridized carbons (Fsp3) is 0.909. The molecule has 0 saturated carbocycles. The van der Waals surface area contributed by atoms with E-state index in [1.807, 2.05) is 6.92 Å². The summed E-state index contributed by atoms with van der Waals surface area (Å²) in [6.07, 6.45) is 0.763. The predicted octanol–water partition coefficient (Wildman–Crippen LogP) is -0.116. The number of nitrogens with zero attached hydrogens (tertiary/aromatic N) is 2. The molecule has 3 atom stereocenters. The van der Waals surface area contributed by atoms with Crippen molar-refractivity contribution >= 4 is 28.3 Å². The molecule has 1 aliphatic heterocycles. The van der Waals surface area contributed by atoms with E-state index in [0.717, 1.165) is 6.42 Å². The lowest BCUT2D eigenvalue weighted by molar-refractivity contribution is -0.128. The van der Waals surface area contributed by atoms with Crippen LogP contribution in [0.3, 0.4) is 0 Å². The van der Waals surface area contributed by atoms with Crippen molar-refractivity contribution in [3.8, 4) is 0 Å². The van der Waals surface area contributed by atoms with Crippen molar-refractivity contribution in [1.29, 1.82) is 0 Å². The molecule has 1 aliphatic rings. The van der Waals surface area contributed by atoms with Crippen LogP contribution in [0.5, 0.6) is 0 Å². The first-order valence-electron chi connectivity index (χ1n) is 6.13. The van der Waals surface area contributed by atoms with Crippen LogP contribution in [0, 0.1) is 5.92 Å². The van der Waals surface area contributed by atoms with Crippen LogP contribution in [0.25, 0.3) is 0 Å². The van der Waals surface area contributed by atoms with E-state index in [1.54, 1.807) is 14.1 Å². The minimum Gasteiger partial charge on any atom is -0.348 e. The van der Waals surface area contributed by atoms with Gasteiger partial charge in [0.25, 0.3) is 0 Å². The van der Waals surface area contributed by atoms with Crippen molar-refractivity contribution < 1.29 is 13.2 Å². The Morgan fingerprint density at radius 2 is 2.00 bits per heavy atom. The molecule has 1 rings (SSSR count). The van der Waals surface area contributed by atoms with Crippen LogP contribution >= 0.6 is 12.4 Å². The zero-order valence-corrected chi connectivity index (χ0v) is 13.5. The highest BCUT2D eigenvalue weighted by molar-refractivity contribution is 7.90. The molecule has 1 heterocycles. The Morgan fingerprint density at radius 3 is 2.37 bits per heavy atom. The van der Waals surface area contributed by atoms with E-state index in [2.05, 4.69) is 0 Å². The molecule has 6 nitrogen and oxygen atoms in total. The van der Waals surface area contributed by atoms with Crippen LogP contribution in [0.1, 0.15) is 20.3 Å². The SMILES string of the molecule is CC1CC(CN)CN1S(=O)(=O)C(C)C(=O)N(C)C.Cl. The zero-order valence-electron chi connectivity index (χ0n) is 11.9. The first-order chi connectivity index (χ1) is 8.21. The Labute approximate surface area is 121 Å². The van der Waals surface area contributed by atoms with E-state index in [-0.39, 0.29) is 24.4 Å². The number of sulfonamides is 1. The van der Waals surface area contributed by atoms with Crippen molar-refractivity contribution in [3.63, 3.8) is 0 Å². The second-order valence-electron chi connectivity index (χ2n) is 5.18. The molecule has 0 spiro atoms. The van der Waals surface area contributed by atoms with Crippen molar-refractivity contribution in [1.82, 2.24) is 9.21 Å². The highest BCUT2D eigenvalue weighted by atomic mass is 35.5. The minimum absolute atomic E-state index is 0. The summed E-state index contributed by atoms with van der Waals surface area (Å²) in [5.41, 5.74) is 5.59. The van der Waals surface area contributed by atoms with Crippen molar-refractivity contribution in [3.05, 3.63) is 0 Å². The Morgan fingerprint density at radius 1 is 1.47 bits per heavy atom. The van der Waals surface area contributed by atoms with E-state index in [4.69, 9.17) is 5.73 Å². The molecule has 0 aliphatic carbocycles. The summed E-state index contributed by atoms with van der Waals surface area (Å²) in [5, 5.41) is -1.04. The lowest BCUT2D eigenvalue weighted by Crippen LogP contribution is -2.46. The summed E-state index contributed by atoms with van der Waals surface area (Å²) >= 11 is 0. The number of hydrogen-bond acceptors (Lipinski definition) is 4. The van der Waals surface area contributed by atoms with Crippen LogP contribution in [0.2, 0.25) is 0 Å². The van der Waals surface area contributed by atoms with E-state index in [0.29, 0.717) is 13.1 Å². The molecular formula is C11H24ClN3O3S. The van der Waals surface area contributed by atoms with E-state index in [9.17, 15) is 13.2 Å². The van der Waals surface area contributed by atoms with Gasteiger partial charge in [0.1, 0.15) is 0 Å². The zero-order chi connectivity index (χ0) is 14.1. The van der Waals surface area contributed by atoms with Gasteiger partial charge in [-0.1, -0.05) is 0 Å². The molecule has 0 aromatic heterocycles. The highest BCUT2D eigenvalue weighted by Crippen LogP contribution is 2.27. The van der Waals surface area contributed by atoms with Crippen LogP contribution in [-0.2, 0) is 14.8 Å². The maximum absolute atomic E-state index is 12.4. The molecule has 0 aromatic rings. The second-order valence-corrected chi connectivity index (χ2v) is 7.38. The molecule has 19 heavy (non-hydrogen) atoms. The molecule has 0 aromatic carbocycles. The van der Waals surface area contributed by atoms with Gasteiger partial charge in [-0.15, -0.1) is 12.4 Å². The largest absolute Gasteiger partial charge is 0.348 e. The van der Waals surface area contributed by atoms with Gasteiger partial charge in [0.2, 0.25) is 15.9 Å². The van der Waals surface area contributed by atoms with Gasteiger partial charge >= 0.3 is 0 Å². The van der Waals surface area contributed by atoms with Gasteiger partial charge in [0.15, 0.2) is 5.25 Å². The number of amides is 1. The van der Waals surface area contributed by atoms with Crippen LogP contribution in [-0.4, -0.2) is 62.0 Å². The quantitative estimate of drug-likeness (QED) is 0.784. The van der Waals surface area contributed by atoms with Crippen LogP contribution in [0.15, 0.2) is 0 Å². The van der Waals surface area contributed by atoms with Gasteiger partial charge in [-0.2, -0.15) is 4.31 Å². The summed E-state index contributed by atoms with van der Waals surface area (Å²) in [5.74, 6) is -0.199. The molecule has 2 N–H and O–H groups in total. The van der Waals surface area contributed by atoms with Crippen molar-refractivity contribution in [2.24, 2.45) is 11.7 Å². The number of nitrogens with two attached hydrogens (primary N) is 1. The minimum atomic E-state index is -3.59. The molecule has 114 valence electrons. The molecule has 0 bridgehead atoms. The van der Waals surface area contributed by atoms with E-state index < -0.39 is 21.2 Å². The molecule has 0 radical (unpaired) electrons. The van der Waals surface area contributed by atoms with Crippen molar-refractivity contribution in [2.75, 3.05) is 27.2 Å². The number of carbonyl (C=O) groups is 1. The fourth-order valence-electron chi connectivity index (χ4n) is 2.33. The Kier molecular flexibility index (Phi) is 6.74. The standard InChI is InChI=1S/C11H23N3O3S.ClH/c1-8-5-10(6-12)7-14(8)18(16,17)9(2)11(15)13(3)4;/h8-10H,5-7,12H2,1-4H3;1H. The maximum atomic E-state index is 12.4. The van der Waals surface area contributed by atoms with Gasteiger partial charge in [0, 0.05) is 26.7 Å². The van der Waals surface area contributed by atoms with Gasteiger partial charge in [-0.25, -0.2) is 8.42 Å². The third-order valence-electron chi connectivity index (χ3n) is 3.50. The van der Waals surface area contributed by atoms with Gasteiger partial charge in [-0.05, 0) is 32.7 Å². The third kappa shape index (κ3) is 3.81. The first-order valence-corrected chi connectivity index (χ1v) is 7.64. The van der Waals surface area contributed by atoms with Gasteiger partial charge < -0.3 is 10.6 Å². The molecule has 3 unspecified atom stereocenters. The topological polar surface area (TPSA) is 83.7 Å². The Hall–Kier alpha value is -0.370. The number of carbonyl (C=O) groups excluding carboxylic acids is 1. The van der Waals surface area contributed by atoms with Crippen LogP contribution in [0.4, 0.5) is 0 Å². The maximum Gasteiger partial charge on any atom is 0.241 e. The Bertz CT molecular complexity index is 413. The molecule has 1 amide bonds. The third-order valence-corrected chi connectivity index (χ3v) is 5.76. The second kappa shape index (κ2) is 6.88. The lowest BCUT2D eigenvalue weighted by Gasteiger charge is -2.26. The molecule has 1 saturated heterocycles. The molecule has 1 fully saturated rings. The van der Waals surface area contributed by atoms with Gasteiger partial charge in [0.05, 0.1) is 0 Å². The van der Waals surface area contributed by atoms with E-state index in [1.165, 1.54) is 16.1 Å². The average Bonchev–Trinajstić information content (AvgIpc) is 2.69. The smallest absolute Gasteiger partial charge is 0.241 e. The highest BCUT2D eigenvalue weighted by Gasteiger charge is 2.41. The molecular weight excluding hydrogens is 290 g/mol. The lowest BCUT2D eigenvalue weighted by atomic mass is 10.1. The van der Waals surface area contributed by atoms with Gasteiger partial charge in [-0.3, -0.25) is 4.79 Å². The summed E-state index contributed by atoms with van der Waals surface area (Å²) in [6, 6.07) is -0.0824. The summed E-state index contributed by atoms with van der Waals surface area (Å²) in [4.78, 5) is 13.1.